The Morgan fingerprint density at radius 1 is 1.20 bits per heavy atom. The van der Waals surface area contributed by atoms with Crippen molar-refractivity contribution >= 4 is 0 Å². The quantitative estimate of drug-likeness (QED) is 0.771. The zero-order valence-corrected chi connectivity index (χ0v) is 10.6. The van der Waals surface area contributed by atoms with E-state index in [1.165, 1.54) is 19.3 Å². The fraction of sp³-hybridized carbons (Fsp3) is 1.00. The maximum absolute atomic E-state index is 5.62. The second kappa shape index (κ2) is 3.74. The third-order valence-electron chi connectivity index (χ3n) is 4.86. The molecule has 0 bridgehead atoms. The summed E-state index contributed by atoms with van der Waals surface area (Å²) >= 11 is 0. The molecule has 0 spiro atoms. The first kappa shape index (κ1) is 11.4. The van der Waals surface area contributed by atoms with Gasteiger partial charge in [-0.2, -0.15) is 0 Å². The molecule has 1 unspecified atom stereocenters. The predicted octanol–water partition coefficient (Wildman–Crippen LogP) is 2.58. The molecule has 0 aromatic carbocycles. The van der Waals surface area contributed by atoms with Crippen LogP contribution in [-0.2, 0) is 4.74 Å². The van der Waals surface area contributed by atoms with Crippen molar-refractivity contribution in [2.24, 2.45) is 10.8 Å². The lowest BCUT2D eigenvalue weighted by atomic mass is 10.0. The summed E-state index contributed by atoms with van der Waals surface area (Å²) in [7, 11) is 0. The smallest absolute Gasteiger partial charge is 0.0588 e. The van der Waals surface area contributed by atoms with Gasteiger partial charge in [-0.15, -0.1) is 0 Å². The minimum atomic E-state index is 0.462. The first-order chi connectivity index (χ1) is 6.96. The topological polar surface area (TPSA) is 21.3 Å². The second-order valence-corrected chi connectivity index (χ2v) is 6.25. The highest BCUT2D eigenvalue weighted by Crippen LogP contribution is 2.62. The summed E-state index contributed by atoms with van der Waals surface area (Å²) in [6, 6.07) is 0.686. The molecule has 2 heteroatoms. The van der Waals surface area contributed by atoms with E-state index in [-0.39, 0.29) is 0 Å². The van der Waals surface area contributed by atoms with Crippen molar-refractivity contribution in [2.75, 3.05) is 13.2 Å². The Labute approximate surface area is 93.8 Å². The van der Waals surface area contributed by atoms with Gasteiger partial charge in [-0.25, -0.2) is 0 Å². The summed E-state index contributed by atoms with van der Waals surface area (Å²) in [5.74, 6) is 0. The number of hydrogen-bond acceptors (Lipinski definition) is 2. The van der Waals surface area contributed by atoms with Crippen molar-refractivity contribution in [3.8, 4) is 0 Å². The Balaban J connectivity index is 1.67. The van der Waals surface area contributed by atoms with Crippen LogP contribution in [0.25, 0.3) is 0 Å². The number of ether oxygens (including phenoxy) is 1. The zero-order valence-electron chi connectivity index (χ0n) is 10.6. The summed E-state index contributed by atoms with van der Waals surface area (Å²) in [5.41, 5.74) is 0.924. The van der Waals surface area contributed by atoms with Gasteiger partial charge < -0.3 is 10.1 Å². The Morgan fingerprint density at radius 3 is 2.33 bits per heavy atom. The minimum absolute atomic E-state index is 0.462. The average molecular weight is 211 g/mol. The Kier molecular flexibility index (Phi) is 2.85. The van der Waals surface area contributed by atoms with Gasteiger partial charge in [0.25, 0.3) is 0 Å². The molecule has 1 aliphatic carbocycles. The number of rotatable bonds is 4. The summed E-state index contributed by atoms with van der Waals surface area (Å²) in [5, 5.41) is 3.68. The standard InChI is InChI=1S/C13H25NO/c1-12(2)11(13(12,3)4)14-8-7-10-6-5-9-15-10/h10-11,14H,5-9H2,1-4H3. The number of hydrogen-bond donors (Lipinski definition) is 1. The Bertz CT molecular complexity index is 215. The van der Waals surface area contributed by atoms with Gasteiger partial charge in [0.2, 0.25) is 0 Å². The van der Waals surface area contributed by atoms with E-state index in [0.29, 0.717) is 23.0 Å². The first-order valence-electron chi connectivity index (χ1n) is 6.31. The lowest BCUT2D eigenvalue weighted by Crippen LogP contribution is -2.26. The molecule has 1 aliphatic heterocycles. The third kappa shape index (κ3) is 1.94. The summed E-state index contributed by atoms with van der Waals surface area (Å²) < 4.78 is 5.62. The van der Waals surface area contributed by atoms with E-state index in [0.717, 1.165) is 13.2 Å². The van der Waals surface area contributed by atoms with Gasteiger partial charge in [0.15, 0.2) is 0 Å². The Hall–Kier alpha value is -0.0800. The fourth-order valence-electron chi connectivity index (χ4n) is 2.97. The molecule has 0 radical (unpaired) electrons. The van der Waals surface area contributed by atoms with E-state index in [9.17, 15) is 0 Å². The molecular weight excluding hydrogens is 186 g/mol. The molecular formula is C13H25NO. The molecule has 15 heavy (non-hydrogen) atoms. The SMILES string of the molecule is CC1(C)C(NCCC2CCCO2)C1(C)C. The van der Waals surface area contributed by atoms with Gasteiger partial charge in [-0.1, -0.05) is 27.7 Å². The lowest BCUT2D eigenvalue weighted by molar-refractivity contribution is 0.104. The normalized spacial score (nSPS) is 33.2. The molecule has 88 valence electrons. The average Bonchev–Trinajstić information content (AvgIpc) is 2.62. The number of nitrogens with one attached hydrogen (secondary N) is 1. The van der Waals surface area contributed by atoms with Crippen LogP contribution in [0.1, 0.15) is 47.0 Å². The van der Waals surface area contributed by atoms with Gasteiger partial charge >= 0.3 is 0 Å². The van der Waals surface area contributed by atoms with Crippen LogP contribution in [0.15, 0.2) is 0 Å². The van der Waals surface area contributed by atoms with Crippen molar-refractivity contribution in [1.82, 2.24) is 5.32 Å². The zero-order chi connectivity index (χ0) is 11.1. The Morgan fingerprint density at radius 2 is 1.87 bits per heavy atom. The largest absolute Gasteiger partial charge is 0.378 e. The molecule has 1 N–H and O–H groups in total. The van der Waals surface area contributed by atoms with Crippen molar-refractivity contribution < 1.29 is 4.74 Å². The van der Waals surface area contributed by atoms with Crippen molar-refractivity contribution in [3.63, 3.8) is 0 Å². The molecule has 2 aliphatic rings. The highest BCUT2D eigenvalue weighted by molar-refractivity contribution is 5.17. The molecule has 1 saturated carbocycles. The van der Waals surface area contributed by atoms with Gasteiger partial charge in [0.05, 0.1) is 6.10 Å². The van der Waals surface area contributed by atoms with Crippen LogP contribution in [0.5, 0.6) is 0 Å². The maximum atomic E-state index is 5.62. The van der Waals surface area contributed by atoms with E-state index >= 15 is 0 Å². The van der Waals surface area contributed by atoms with Crippen LogP contribution in [0.4, 0.5) is 0 Å². The van der Waals surface area contributed by atoms with Crippen LogP contribution in [-0.4, -0.2) is 25.3 Å². The molecule has 1 saturated heterocycles. The monoisotopic (exact) mass is 211 g/mol. The molecule has 0 amide bonds. The van der Waals surface area contributed by atoms with E-state index in [1.807, 2.05) is 0 Å². The lowest BCUT2D eigenvalue weighted by Gasteiger charge is -2.11. The van der Waals surface area contributed by atoms with Gasteiger partial charge in [0, 0.05) is 12.6 Å². The summed E-state index contributed by atoms with van der Waals surface area (Å²) in [4.78, 5) is 0. The van der Waals surface area contributed by atoms with Crippen molar-refractivity contribution in [3.05, 3.63) is 0 Å². The van der Waals surface area contributed by atoms with Crippen LogP contribution in [0, 0.1) is 10.8 Å². The predicted molar refractivity (Wildman–Crippen MR) is 62.9 cm³/mol. The van der Waals surface area contributed by atoms with E-state index in [4.69, 9.17) is 4.74 Å². The van der Waals surface area contributed by atoms with E-state index < -0.39 is 0 Å². The van der Waals surface area contributed by atoms with Gasteiger partial charge in [0.1, 0.15) is 0 Å². The second-order valence-electron chi connectivity index (χ2n) is 6.25. The van der Waals surface area contributed by atoms with Gasteiger partial charge in [-0.3, -0.25) is 0 Å². The highest BCUT2D eigenvalue weighted by Gasteiger charge is 2.64. The van der Waals surface area contributed by atoms with Crippen molar-refractivity contribution in [2.45, 2.75) is 59.1 Å². The summed E-state index contributed by atoms with van der Waals surface area (Å²) in [6.45, 7) is 11.5. The minimum Gasteiger partial charge on any atom is -0.378 e. The molecule has 2 nitrogen and oxygen atoms in total. The van der Waals surface area contributed by atoms with E-state index in [2.05, 4.69) is 33.0 Å². The van der Waals surface area contributed by atoms with Crippen LogP contribution in [0.2, 0.25) is 0 Å². The molecule has 2 rings (SSSR count). The third-order valence-corrected chi connectivity index (χ3v) is 4.86. The first-order valence-corrected chi connectivity index (χ1v) is 6.31. The highest BCUT2D eigenvalue weighted by atomic mass is 16.5. The maximum Gasteiger partial charge on any atom is 0.0588 e. The van der Waals surface area contributed by atoms with Crippen LogP contribution < -0.4 is 5.32 Å². The van der Waals surface area contributed by atoms with Crippen molar-refractivity contribution in [1.29, 1.82) is 0 Å². The molecule has 2 fully saturated rings. The molecule has 0 aromatic rings. The summed E-state index contributed by atoms with van der Waals surface area (Å²) in [6.07, 6.45) is 4.23. The molecule has 1 heterocycles. The van der Waals surface area contributed by atoms with Crippen LogP contribution in [0.3, 0.4) is 0 Å². The molecule has 0 aromatic heterocycles. The van der Waals surface area contributed by atoms with E-state index in [1.54, 1.807) is 0 Å². The van der Waals surface area contributed by atoms with Gasteiger partial charge in [-0.05, 0) is 36.6 Å². The molecule has 1 atom stereocenters. The van der Waals surface area contributed by atoms with Crippen LogP contribution >= 0.6 is 0 Å². The fourth-order valence-corrected chi connectivity index (χ4v) is 2.97.